The van der Waals surface area contributed by atoms with Crippen molar-refractivity contribution in [3.63, 3.8) is 0 Å². The van der Waals surface area contributed by atoms with Crippen molar-refractivity contribution in [3.8, 4) is 0 Å². The standard InChI is InChI=1S/C14H23NO4/c1-13(2,3)19-12(18)15-10-7-14(8-10)5-9(6-14)4-11(16)17/h9-10H,4-8H2,1-3H3,(H,15,18)(H,16,17). The van der Waals surface area contributed by atoms with Crippen molar-refractivity contribution in [2.75, 3.05) is 0 Å². The molecule has 2 aliphatic carbocycles. The first-order valence-corrected chi connectivity index (χ1v) is 6.89. The van der Waals surface area contributed by atoms with E-state index in [1.807, 2.05) is 20.8 Å². The predicted molar refractivity (Wildman–Crippen MR) is 69.8 cm³/mol. The van der Waals surface area contributed by atoms with Crippen molar-refractivity contribution < 1.29 is 19.4 Å². The van der Waals surface area contributed by atoms with Gasteiger partial charge < -0.3 is 15.2 Å². The summed E-state index contributed by atoms with van der Waals surface area (Å²) in [6.07, 6.45) is 3.84. The van der Waals surface area contributed by atoms with Gasteiger partial charge >= 0.3 is 12.1 Å². The van der Waals surface area contributed by atoms with E-state index in [-0.39, 0.29) is 18.6 Å². The largest absolute Gasteiger partial charge is 0.481 e. The molecule has 0 atom stereocenters. The Labute approximate surface area is 113 Å². The molecule has 2 N–H and O–H groups in total. The Morgan fingerprint density at radius 1 is 1.26 bits per heavy atom. The van der Waals surface area contributed by atoms with Crippen LogP contribution in [0.25, 0.3) is 0 Å². The van der Waals surface area contributed by atoms with Crippen LogP contribution < -0.4 is 5.32 Å². The molecule has 0 aromatic rings. The lowest BCUT2D eigenvalue weighted by molar-refractivity contribution is -0.142. The number of carbonyl (C=O) groups is 2. The molecule has 0 unspecified atom stereocenters. The molecule has 0 radical (unpaired) electrons. The molecule has 1 amide bonds. The van der Waals surface area contributed by atoms with Crippen LogP contribution in [-0.4, -0.2) is 28.8 Å². The van der Waals surface area contributed by atoms with E-state index in [4.69, 9.17) is 9.84 Å². The third-order valence-electron chi connectivity index (χ3n) is 3.99. The van der Waals surface area contributed by atoms with Gasteiger partial charge in [0.25, 0.3) is 0 Å². The molecule has 1 spiro atoms. The first-order valence-electron chi connectivity index (χ1n) is 6.89. The van der Waals surface area contributed by atoms with Crippen molar-refractivity contribution in [2.45, 2.75) is 64.5 Å². The molecule has 2 rings (SSSR count). The molecule has 2 aliphatic rings. The Morgan fingerprint density at radius 3 is 2.32 bits per heavy atom. The van der Waals surface area contributed by atoms with E-state index in [0.29, 0.717) is 11.3 Å². The van der Waals surface area contributed by atoms with Crippen LogP contribution in [-0.2, 0) is 9.53 Å². The molecule has 0 heterocycles. The number of rotatable bonds is 3. The second-order valence-electron chi connectivity index (χ2n) is 7.12. The number of hydrogen-bond donors (Lipinski definition) is 2. The van der Waals surface area contributed by atoms with Crippen molar-refractivity contribution >= 4 is 12.1 Å². The summed E-state index contributed by atoms with van der Waals surface area (Å²) in [5.74, 6) is -0.373. The molecule has 0 bridgehead atoms. The van der Waals surface area contributed by atoms with E-state index >= 15 is 0 Å². The van der Waals surface area contributed by atoms with Crippen LogP contribution in [0.5, 0.6) is 0 Å². The number of hydrogen-bond acceptors (Lipinski definition) is 3. The number of carbonyl (C=O) groups excluding carboxylic acids is 1. The molecular formula is C14H23NO4. The first kappa shape index (κ1) is 14.2. The van der Waals surface area contributed by atoms with Crippen LogP contribution in [0.4, 0.5) is 4.79 Å². The molecular weight excluding hydrogens is 246 g/mol. The fraction of sp³-hybridized carbons (Fsp3) is 0.857. The number of alkyl carbamates (subject to hydrolysis) is 1. The van der Waals surface area contributed by atoms with Crippen LogP contribution in [0.3, 0.4) is 0 Å². The number of aliphatic carboxylic acids is 1. The molecule has 5 nitrogen and oxygen atoms in total. The van der Waals surface area contributed by atoms with Gasteiger partial charge in [0.05, 0.1) is 0 Å². The smallest absolute Gasteiger partial charge is 0.407 e. The maximum Gasteiger partial charge on any atom is 0.407 e. The molecule has 0 aromatic carbocycles. The Balaban J connectivity index is 1.65. The van der Waals surface area contributed by atoms with Gasteiger partial charge in [-0.05, 0) is 57.8 Å². The summed E-state index contributed by atoms with van der Waals surface area (Å²) in [5, 5.41) is 11.6. The van der Waals surface area contributed by atoms with Gasteiger partial charge in [0.2, 0.25) is 0 Å². The van der Waals surface area contributed by atoms with Gasteiger partial charge in [-0.1, -0.05) is 0 Å². The predicted octanol–water partition coefficient (Wildman–Crippen LogP) is 2.54. The van der Waals surface area contributed by atoms with Crippen LogP contribution in [0.2, 0.25) is 0 Å². The van der Waals surface area contributed by atoms with Gasteiger partial charge in [-0.3, -0.25) is 4.79 Å². The summed E-state index contributed by atoms with van der Waals surface area (Å²) >= 11 is 0. The van der Waals surface area contributed by atoms with E-state index in [0.717, 1.165) is 25.7 Å². The van der Waals surface area contributed by atoms with Crippen molar-refractivity contribution in [3.05, 3.63) is 0 Å². The number of ether oxygens (including phenoxy) is 1. The fourth-order valence-corrected chi connectivity index (χ4v) is 3.45. The van der Waals surface area contributed by atoms with Crippen LogP contribution in [0.1, 0.15) is 52.9 Å². The molecule has 0 aliphatic heterocycles. The lowest BCUT2D eigenvalue weighted by Crippen LogP contribution is -2.56. The molecule has 5 heteroatoms. The lowest BCUT2D eigenvalue weighted by atomic mass is 9.49. The van der Waals surface area contributed by atoms with E-state index in [2.05, 4.69) is 5.32 Å². The molecule has 2 saturated carbocycles. The average molecular weight is 269 g/mol. The minimum Gasteiger partial charge on any atom is -0.481 e. The van der Waals surface area contributed by atoms with Gasteiger partial charge in [0.1, 0.15) is 5.60 Å². The molecule has 2 fully saturated rings. The summed E-state index contributed by atoms with van der Waals surface area (Å²) in [7, 11) is 0. The van der Waals surface area contributed by atoms with E-state index in [9.17, 15) is 9.59 Å². The molecule has 0 aromatic heterocycles. The highest BCUT2D eigenvalue weighted by Crippen LogP contribution is 2.59. The van der Waals surface area contributed by atoms with Crippen molar-refractivity contribution in [1.29, 1.82) is 0 Å². The summed E-state index contributed by atoms with van der Waals surface area (Å²) in [4.78, 5) is 22.2. The fourth-order valence-electron chi connectivity index (χ4n) is 3.45. The molecule has 108 valence electrons. The lowest BCUT2D eigenvalue weighted by Gasteiger charge is -2.57. The number of carboxylic acids is 1. The third-order valence-corrected chi connectivity index (χ3v) is 3.99. The summed E-state index contributed by atoms with van der Waals surface area (Å²) < 4.78 is 5.21. The SMILES string of the molecule is CC(C)(C)OC(=O)NC1CC2(CC(CC(=O)O)C2)C1. The maximum atomic E-state index is 11.6. The highest BCUT2D eigenvalue weighted by atomic mass is 16.6. The van der Waals surface area contributed by atoms with Gasteiger partial charge in [0.15, 0.2) is 0 Å². The van der Waals surface area contributed by atoms with Gasteiger partial charge in [-0.15, -0.1) is 0 Å². The van der Waals surface area contributed by atoms with Crippen LogP contribution in [0, 0.1) is 11.3 Å². The minimum atomic E-state index is -0.706. The average Bonchev–Trinajstić information content (AvgIpc) is 2.06. The zero-order valence-corrected chi connectivity index (χ0v) is 11.9. The Morgan fingerprint density at radius 2 is 1.84 bits per heavy atom. The molecule has 0 saturated heterocycles. The maximum absolute atomic E-state index is 11.6. The number of amides is 1. The zero-order valence-electron chi connectivity index (χ0n) is 11.9. The Hall–Kier alpha value is -1.26. The van der Waals surface area contributed by atoms with Crippen LogP contribution >= 0.6 is 0 Å². The van der Waals surface area contributed by atoms with E-state index in [1.165, 1.54) is 0 Å². The van der Waals surface area contributed by atoms with Gasteiger partial charge in [-0.2, -0.15) is 0 Å². The van der Waals surface area contributed by atoms with Crippen LogP contribution in [0.15, 0.2) is 0 Å². The first-order chi connectivity index (χ1) is 8.67. The summed E-state index contributed by atoms with van der Waals surface area (Å²) in [6, 6.07) is 0.195. The Kier molecular flexibility index (Phi) is 3.49. The van der Waals surface area contributed by atoms with E-state index in [1.54, 1.807) is 0 Å². The van der Waals surface area contributed by atoms with Crippen molar-refractivity contribution in [2.24, 2.45) is 11.3 Å². The quantitative estimate of drug-likeness (QED) is 0.825. The van der Waals surface area contributed by atoms with Gasteiger partial charge in [-0.25, -0.2) is 4.79 Å². The topological polar surface area (TPSA) is 75.6 Å². The molecule has 19 heavy (non-hydrogen) atoms. The van der Waals surface area contributed by atoms with Crippen molar-refractivity contribution in [1.82, 2.24) is 5.32 Å². The van der Waals surface area contributed by atoms with E-state index < -0.39 is 11.6 Å². The monoisotopic (exact) mass is 269 g/mol. The zero-order chi connectivity index (χ0) is 14.3. The number of carboxylic acid groups (broad SMARTS) is 1. The van der Waals surface area contributed by atoms with Gasteiger partial charge in [0, 0.05) is 12.5 Å². The summed E-state index contributed by atoms with van der Waals surface area (Å²) in [5.41, 5.74) is -0.158. The second-order valence-corrected chi connectivity index (χ2v) is 7.12. The second kappa shape index (κ2) is 4.69. The number of nitrogens with one attached hydrogen (secondary N) is 1. The summed E-state index contributed by atoms with van der Waals surface area (Å²) in [6.45, 7) is 5.53. The highest BCUT2D eigenvalue weighted by molar-refractivity contribution is 5.68. The normalized spacial score (nSPS) is 33.2. The Bertz CT molecular complexity index is 371. The highest BCUT2D eigenvalue weighted by Gasteiger charge is 2.53. The minimum absolute atomic E-state index is 0.195. The third kappa shape index (κ3) is 3.61.